The minimum absolute atomic E-state index is 0. The van der Waals surface area contributed by atoms with Crippen molar-refractivity contribution in [2.75, 3.05) is 39.2 Å². The Morgan fingerprint density at radius 1 is 0.594 bits per heavy atom. The van der Waals surface area contributed by atoms with Gasteiger partial charge in [0, 0.05) is 25.0 Å². The van der Waals surface area contributed by atoms with Crippen molar-refractivity contribution in [1.82, 2.24) is 16.0 Å². The van der Waals surface area contributed by atoms with Gasteiger partial charge in [-0.05, 0) is 86.8 Å². The Hall–Kier alpha value is -5.64. The van der Waals surface area contributed by atoms with Gasteiger partial charge in [0.25, 0.3) is 0 Å². The van der Waals surface area contributed by atoms with Crippen LogP contribution in [-0.2, 0) is 54.6 Å². The van der Waals surface area contributed by atoms with Gasteiger partial charge in [-0.25, -0.2) is 9.59 Å². The van der Waals surface area contributed by atoms with E-state index in [1.807, 2.05) is 131 Å². The van der Waals surface area contributed by atoms with Crippen LogP contribution >= 0.6 is 15.9 Å². The molecule has 5 N–H and O–H groups in total. The van der Waals surface area contributed by atoms with Crippen molar-refractivity contribution in [3.8, 4) is 11.5 Å². The molecule has 0 heterocycles. The molecule has 14 nitrogen and oxygen atoms in total. The first-order valence-corrected chi connectivity index (χ1v) is 24.1. The fraction of sp³-hybridized carbons (Fsp3) is 0.481. The first-order valence-electron chi connectivity index (χ1n) is 23.0. The summed E-state index contributed by atoms with van der Waals surface area (Å²) in [5.74, 6) is 1.14. The second kappa shape index (κ2) is 39.2. The summed E-state index contributed by atoms with van der Waals surface area (Å²) in [5.41, 5.74) is 9.51. The Labute approximate surface area is 421 Å². The molecule has 0 saturated carbocycles. The van der Waals surface area contributed by atoms with Gasteiger partial charge in [0.05, 0.1) is 14.2 Å². The third-order valence-electron chi connectivity index (χ3n) is 9.85. The molecular formula is C54H81BrN4O10. The largest absolute Gasteiger partial charge is 0.490 e. The molecule has 0 aliphatic carbocycles. The SMILES string of the molecule is C.C.CCC[C@H](N)C(=O)OC.CCC[C@H](NC[C@@H](C)Oc1ccccc1CCCNC(=O)OCc1ccccc1)C(=O)OC.C[C@H](CBr)Oc1ccccc1CCCNC(=O)OCc1ccccc1. The Morgan fingerprint density at radius 2 is 1.01 bits per heavy atom. The van der Waals surface area contributed by atoms with E-state index in [9.17, 15) is 19.2 Å². The van der Waals surface area contributed by atoms with Crippen LogP contribution < -0.4 is 31.2 Å². The van der Waals surface area contributed by atoms with Crippen LogP contribution in [0.25, 0.3) is 0 Å². The Morgan fingerprint density at radius 3 is 1.43 bits per heavy atom. The number of methoxy groups -OCH3 is 2. The quantitative estimate of drug-likeness (QED) is 0.0202. The van der Waals surface area contributed by atoms with Crippen LogP contribution in [0.3, 0.4) is 0 Å². The molecule has 0 aliphatic heterocycles. The molecule has 384 valence electrons. The molecule has 0 radical (unpaired) electrons. The highest BCUT2D eigenvalue weighted by Crippen LogP contribution is 2.22. The number of nitrogens with one attached hydrogen (secondary N) is 3. The van der Waals surface area contributed by atoms with E-state index in [0.717, 1.165) is 84.0 Å². The van der Waals surface area contributed by atoms with Crippen molar-refractivity contribution < 1.29 is 47.6 Å². The van der Waals surface area contributed by atoms with Crippen LogP contribution in [-0.4, -0.2) is 87.6 Å². The molecular weight excluding hydrogens is 945 g/mol. The van der Waals surface area contributed by atoms with Crippen molar-refractivity contribution in [2.24, 2.45) is 5.73 Å². The number of nitrogens with two attached hydrogens (primary N) is 1. The maximum Gasteiger partial charge on any atom is 0.407 e. The molecule has 0 unspecified atom stereocenters. The summed E-state index contributed by atoms with van der Waals surface area (Å²) in [5, 5.41) is 9.60. The summed E-state index contributed by atoms with van der Waals surface area (Å²) in [6.07, 6.45) is 5.58. The van der Waals surface area contributed by atoms with Crippen molar-refractivity contribution in [2.45, 2.75) is 131 Å². The average Bonchev–Trinajstić information content (AvgIpc) is 3.35. The molecule has 4 aromatic rings. The number of benzene rings is 4. The van der Waals surface area contributed by atoms with Crippen LogP contribution in [0.1, 0.15) is 103 Å². The third-order valence-corrected chi connectivity index (χ3v) is 10.8. The normalized spacial score (nSPS) is 11.8. The predicted molar refractivity (Wildman–Crippen MR) is 280 cm³/mol. The van der Waals surface area contributed by atoms with Crippen molar-refractivity contribution in [1.29, 1.82) is 0 Å². The summed E-state index contributed by atoms with van der Waals surface area (Å²) < 4.78 is 31.7. The van der Waals surface area contributed by atoms with E-state index >= 15 is 0 Å². The van der Waals surface area contributed by atoms with Gasteiger partial charge in [0.1, 0.15) is 49.0 Å². The standard InChI is InChI=1S/C26H36N2O5.C20H24BrNO3.C6H13NO2.2CH4/c1-4-11-23(25(29)31-3)28-18-20(2)33-24-16-9-8-14-22(24)15-10-17-27-26(30)32-19-21-12-6-5-7-13-21;1-16(14-21)25-19-12-6-5-10-18(19)11-7-13-22-20(23)24-15-17-8-3-2-4-9-17;1-3-4-5(7)6(8)9-2;;/h5-9,12-14,16,20,23,28H,4,10-11,15,17-19H2,1-3H3,(H,27,30);2-6,8-10,12,16H,7,11,13-15H2,1H3,(H,22,23);5H,3-4,7H2,1-2H3;2*1H4/t20-,23+;16-;5-;;/m110../s1. The van der Waals surface area contributed by atoms with Crippen molar-refractivity contribution >= 4 is 40.1 Å². The minimum Gasteiger partial charge on any atom is -0.490 e. The number of hydrogen-bond donors (Lipinski definition) is 4. The van der Waals surface area contributed by atoms with Crippen molar-refractivity contribution in [3.05, 3.63) is 131 Å². The lowest BCUT2D eigenvalue weighted by molar-refractivity contribution is -0.143. The van der Waals surface area contributed by atoms with Crippen LogP contribution in [0.15, 0.2) is 109 Å². The molecule has 4 aromatic carbocycles. The number of esters is 2. The molecule has 2 amide bonds. The summed E-state index contributed by atoms with van der Waals surface area (Å²) >= 11 is 3.42. The molecule has 0 saturated heterocycles. The van der Waals surface area contributed by atoms with Gasteiger partial charge in [-0.1, -0.05) is 155 Å². The maximum atomic E-state index is 11.9. The number of alkyl halides is 1. The minimum atomic E-state index is -0.431. The predicted octanol–water partition coefficient (Wildman–Crippen LogP) is 10.5. The zero-order valence-corrected chi connectivity index (χ0v) is 41.7. The first-order chi connectivity index (χ1) is 32.4. The number of rotatable bonds is 26. The molecule has 69 heavy (non-hydrogen) atoms. The van der Waals surface area contributed by atoms with E-state index in [-0.39, 0.29) is 64.3 Å². The van der Waals surface area contributed by atoms with Gasteiger partial charge in [0.15, 0.2) is 0 Å². The molecule has 15 heteroatoms. The Kier molecular flexibility index (Phi) is 36.0. The number of carbonyl (C=O) groups excluding carboxylic acids is 4. The zero-order chi connectivity index (χ0) is 49.1. The van der Waals surface area contributed by atoms with E-state index in [0.29, 0.717) is 26.1 Å². The summed E-state index contributed by atoms with van der Waals surface area (Å²) in [6.45, 7) is 10.1. The van der Waals surface area contributed by atoms with E-state index in [4.69, 9.17) is 29.4 Å². The number of amides is 2. The number of para-hydroxylation sites is 2. The molecule has 0 bridgehead atoms. The number of alkyl carbamates (subject to hydrolysis) is 2. The first kappa shape index (κ1) is 63.4. The second-order valence-corrected chi connectivity index (χ2v) is 16.2. The number of halogens is 1. The molecule has 0 aromatic heterocycles. The van der Waals surface area contributed by atoms with E-state index in [2.05, 4.69) is 42.7 Å². The van der Waals surface area contributed by atoms with E-state index in [1.165, 1.54) is 14.2 Å². The summed E-state index contributed by atoms with van der Waals surface area (Å²) in [4.78, 5) is 46.0. The van der Waals surface area contributed by atoms with Crippen LogP contribution in [0, 0.1) is 0 Å². The van der Waals surface area contributed by atoms with Crippen LogP contribution in [0.2, 0.25) is 0 Å². The Bertz CT molecular complexity index is 1960. The van der Waals surface area contributed by atoms with Gasteiger partial charge >= 0.3 is 24.1 Å². The lowest BCUT2D eigenvalue weighted by Gasteiger charge is -2.21. The monoisotopic (exact) mass is 1020 g/mol. The highest BCUT2D eigenvalue weighted by Gasteiger charge is 2.19. The van der Waals surface area contributed by atoms with E-state index in [1.54, 1.807) is 0 Å². The zero-order valence-electron chi connectivity index (χ0n) is 40.1. The maximum absolute atomic E-state index is 11.9. The highest BCUT2D eigenvalue weighted by molar-refractivity contribution is 9.09. The smallest absolute Gasteiger partial charge is 0.407 e. The highest BCUT2D eigenvalue weighted by atomic mass is 79.9. The third kappa shape index (κ3) is 28.5. The number of aryl methyl sites for hydroxylation is 2. The second-order valence-electron chi connectivity index (χ2n) is 15.6. The number of hydrogen-bond acceptors (Lipinski definition) is 12. The van der Waals surface area contributed by atoms with E-state index < -0.39 is 12.1 Å². The number of ether oxygens (including phenoxy) is 6. The topological polar surface area (TPSA) is 186 Å². The summed E-state index contributed by atoms with van der Waals surface area (Å²) in [7, 11) is 2.75. The van der Waals surface area contributed by atoms with Crippen molar-refractivity contribution in [3.63, 3.8) is 0 Å². The molecule has 0 fully saturated rings. The van der Waals surface area contributed by atoms with Gasteiger partial charge in [-0.15, -0.1) is 0 Å². The lowest BCUT2D eigenvalue weighted by atomic mass is 10.1. The molecule has 4 rings (SSSR count). The molecule has 0 spiro atoms. The molecule has 0 aliphatic rings. The van der Waals surface area contributed by atoms with Crippen LogP contribution in [0.5, 0.6) is 11.5 Å². The Balaban J connectivity index is 0.00000113. The van der Waals surface area contributed by atoms with Gasteiger partial charge < -0.3 is 50.1 Å². The fourth-order valence-corrected chi connectivity index (χ4v) is 6.40. The van der Waals surface area contributed by atoms with Gasteiger partial charge in [-0.3, -0.25) is 9.59 Å². The summed E-state index contributed by atoms with van der Waals surface area (Å²) in [6, 6.07) is 34.4. The van der Waals surface area contributed by atoms with Gasteiger partial charge in [-0.2, -0.15) is 0 Å². The lowest BCUT2D eigenvalue weighted by Crippen LogP contribution is -2.42. The van der Waals surface area contributed by atoms with Crippen LogP contribution in [0.4, 0.5) is 9.59 Å². The average molecular weight is 1030 g/mol. The molecule has 4 atom stereocenters. The van der Waals surface area contributed by atoms with Gasteiger partial charge in [0.2, 0.25) is 0 Å². The number of carbonyl (C=O) groups is 4. The fourth-order valence-electron chi connectivity index (χ4n) is 6.27.